The predicted molar refractivity (Wildman–Crippen MR) is 74.0 cm³/mol. The summed E-state index contributed by atoms with van der Waals surface area (Å²) in [4.78, 5) is 18.6. The van der Waals surface area contributed by atoms with E-state index in [1.807, 2.05) is 17.5 Å². The number of anilines is 1. The largest absolute Gasteiger partial charge is 0.316 e. The summed E-state index contributed by atoms with van der Waals surface area (Å²) in [5.41, 5.74) is 7.04. The zero-order valence-electron chi connectivity index (χ0n) is 9.68. The van der Waals surface area contributed by atoms with Gasteiger partial charge in [0.15, 0.2) is 5.13 Å². The molecular formula is C12H13N3OS2. The average molecular weight is 279 g/mol. The molecule has 0 aliphatic heterocycles. The number of hydrogen-bond acceptors (Lipinski definition) is 5. The van der Waals surface area contributed by atoms with E-state index in [1.54, 1.807) is 11.3 Å². The third-order valence-corrected chi connectivity index (χ3v) is 4.99. The van der Waals surface area contributed by atoms with Gasteiger partial charge < -0.3 is 11.1 Å². The second-order valence-electron chi connectivity index (χ2n) is 4.22. The van der Waals surface area contributed by atoms with Crippen LogP contribution in [0.1, 0.15) is 27.9 Å². The van der Waals surface area contributed by atoms with Crippen molar-refractivity contribution in [1.29, 1.82) is 0 Å². The minimum atomic E-state index is -0.608. The number of carbonyl (C=O) groups is 1. The quantitative estimate of drug-likeness (QED) is 0.906. The molecule has 1 unspecified atom stereocenters. The van der Waals surface area contributed by atoms with E-state index in [1.165, 1.54) is 22.6 Å². The molecule has 2 aromatic rings. The van der Waals surface area contributed by atoms with Gasteiger partial charge in [0.25, 0.3) is 0 Å². The molecule has 18 heavy (non-hydrogen) atoms. The van der Waals surface area contributed by atoms with Crippen LogP contribution in [0.25, 0.3) is 0 Å². The van der Waals surface area contributed by atoms with Crippen molar-refractivity contribution in [3.63, 3.8) is 0 Å². The second kappa shape index (κ2) is 4.79. The predicted octanol–water partition coefficient (Wildman–Crippen LogP) is 2.33. The van der Waals surface area contributed by atoms with Crippen molar-refractivity contribution in [2.24, 2.45) is 5.73 Å². The van der Waals surface area contributed by atoms with Crippen LogP contribution in [0.5, 0.6) is 0 Å². The first-order valence-corrected chi connectivity index (χ1v) is 7.52. The molecule has 4 nitrogen and oxygen atoms in total. The molecule has 2 aromatic heterocycles. The second-order valence-corrected chi connectivity index (χ2v) is 6.29. The van der Waals surface area contributed by atoms with Gasteiger partial charge in [-0.15, -0.1) is 22.7 Å². The van der Waals surface area contributed by atoms with Gasteiger partial charge in [-0.1, -0.05) is 6.07 Å². The molecule has 0 spiro atoms. The van der Waals surface area contributed by atoms with Gasteiger partial charge >= 0.3 is 0 Å². The van der Waals surface area contributed by atoms with E-state index in [9.17, 15) is 4.79 Å². The van der Waals surface area contributed by atoms with Gasteiger partial charge in [-0.2, -0.15) is 0 Å². The van der Waals surface area contributed by atoms with Crippen LogP contribution >= 0.6 is 22.7 Å². The van der Waals surface area contributed by atoms with E-state index in [2.05, 4.69) is 10.3 Å². The zero-order chi connectivity index (χ0) is 12.5. The van der Waals surface area contributed by atoms with E-state index in [0.29, 0.717) is 5.13 Å². The number of nitrogens with two attached hydrogens (primary N) is 1. The van der Waals surface area contributed by atoms with Gasteiger partial charge in [0.05, 0.1) is 5.69 Å². The molecule has 0 aromatic carbocycles. The highest BCUT2D eigenvalue weighted by Crippen LogP contribution is 2.30. The van der Waals surface area contributed by atoms with Crippen LogP contribution in [-0.4, -0.2) is 10.9 Å². The zero-order valence-corrected chi connectivity index (χ0v) is 11.3. The molecule has 1 atom stereocenters. The Labute approximate surface area is 113 Å². The summed E-state index contributed by atoms with van der Waals surface area (Å²) >= 11 is 3.06. The average Bonchev–Trinajstić information content (AvgIpc) is 3.03. The number of carbonyl (C=O) groups excluding carboxylic acids is 1. The highest BCUT2D eigenvalue weighted by Gasteiger charge is 2.21. The normalized spacial score (nSPS) is 15.4. The Morgan fingerprint density at radius 3 is 3.11 bits per heavy atom. The number of thiophene rings is 1. The van der Waals surface area contributed by atoms with Gasteiger partial charge in [0.2, 0.25) is 5.91 Å². The van der Waals surface area contributed by atoms with Crippen LogP contribution in [0.2, 0.25) is 0 Å². The maximum absolute atomic E-state index is 12.0. The molecule has 1 aliphatic carbocycles. The first-order valence-electron chi connectivity index (χ1n) is 5.82. The molecule has 3 rings (SSSR count). The highest BCUT2D eigenvalue weighted by atomic mass is 32.1. The molecule has 1 amide bonds. The lowest BCUT2D eigenvalue weighted by molar-refractivity contribution is -0.117. The van der Waals surface area contributed by atoms with Crippen LogP contribution in [-0.2, 0) is 17.6 Å². The van der Waals surface area contributed by atoms with E-state index in [0.717, 1.165) is 23.4 Å². The summed E-state index contributed by atoms with van der Waals surface area (Å²) in [5.74, 6) is -0.190. The Balaban J connectivity index is 1.70. The van der Waals surface area contributed by atoms with E-state index < -0.39 is 6.04 Å². The molecular weight excluding hydrogens is 266 g/mol. The van der Waals surface area contributed by atoms with Crippen LogP contribution in [0.4, 0.5) is 5.13 Å². The van der Waals surface area contributed by atoms with Gasteiger partial charge in [-0.3, -0.25) is 4.79 Å². The summed E-state index contributed by atoms with van der Waals surface area (Å²) in [6, 6.07) is 3.16. The van der Waals surface area contributed by atoms with Crippen molar-refractivity contribution in [3.8, 4) is 0 Å². The Kier molecular flexibility index (Phi) is 3.15. The smallest absolute Gasteiger partial charge is 0.248 e. The van der Waals surface area contributed by atoms with Crippen molar-refractivity contribution >= 4 is 33.7 Å². The summed E-state index contributed by atoms with van der Waals surface area (Å²) in [6.45, 7) is 0. The van der Waals surface area contributed by atoms with E-state index >= 15 is 0 Å². The number of aromatic nitrogens is 1. The van der Waals surface area contributed by atoms with E-state index in [4.69, 9.17) is 5.73 Å². The Morgan fingerprint density at radius 1 is 1.50 bits per heavy atom. The fourth-order valence-corrected chi connectivity index (χ4v) is 3.80. The monoisotopic (exact) mass is 279 g/mol. The number of thiazole rings is 1. The van der Waals surface area contributed by atoms with Gasteiger partial charge in [-0.05, 0) is 30.7 Å². The number of fused-ring (bicyclic) bond motifs is 1. The lowest BCUT2D eigenvalue weighted by Gasteiger charge is -2.08. The lowest BCUT2D eigenvalue weighted by atomic mass is 10.2. The molecule has 3 N–H and O–H groups in total. The number of aryl methyl sites for hydroxylation is 2. The van der Waals surface area contributed by atoms with Crippen molar-refractivity contribution in [1.82, 2.24) is 4.98 Å². The van der Waals surface area contributed by atoms with Crippen LogP contribution in [0.15, 0.2) is 17.5 Å². The molecule has 2 heterocycles. The molecule has 0 fully saturated rings. The first-order chi connectivity index (χ1) is 8.74. The molecule has 0 saturated carbocycles. The third-order valence-electron chi connectivity index (χ3n) is 2.96. The molecule has 0 bridgehead atoms. The Morgan fingerprint density at radius 2 is 2.39 bits per heavy atom. The number of nitrogens with one attached hydrogen (secondary N) is 1. The van der Waals surface area contributed by atoms with Crippen LogP contribution < -0.4 is 11.1 Å². The maximum atomic E-state index is 12.0. The summed E-state index contributed by atoms with van der Waals surface area (Å²) in [6.07, 6.45) is 3.29. The molecule has 1 aliphatic rings. The van der Waals surface area contributed by atoms with Crippen molar-refractivity contribution in [3.05, 3.63) is 33.0 Å². The van der Waals surface area contributed by atoms with E-state index in [-0.39, 0.29) is 5.91 Å². The van der Waals surface area contributed by atoms with Crippen LogP contribution in [0, 0.1) is 0 Å². The van der Waals surface area contributed by atoms with Gasteiger partial charge in [0, 0.05) is 9.75 Å². The molecule has 94 valence electrons. The SMILES string of the molecule is NC(C(=O)Nc1nc2c(s1)CCC2)c1cccs1. The number of amides is 1. The standard InChI is InChI=1S/C12H13N3OS2/c13-10(9-5-2-6-17-9)11(16)15-12-14-7-3-1-4-8(7)18-12/h2,5-6,10H,1,3-4,13H2,(H,14,15,16). The minimum absolute atomic E-state index is 0.190. The highest BCUT2D eigenvalue weighted by molar-refractivity contribution is 7.16. The minimum Gasteiger partial charge on any atom is -0.316 e. The van der Waals surface area contributed by atoms with Crippen molar-refractivity contribution in [2.75, 3.05) is 5.32 Å². The summed E-state index contributed by atoms with van der Waals surface area (Å²) in [5, 5.41) is 5.40. The van der Waals surface area contributed by atoms with Crippen molar-refractivity contribution < 1.29 is 4.79 Å². The summed E-state index contributed by atoms with van der Waals surface area (Å²) < 4.78 is 0. The van der Waals surface area contributed by atoms with Crippen LogP contribution in [0.3, 0.4) is 0 Å². The lowest BCUT2D eigenvalue weighted by Crippen LogP contribution is -2.26. The molecule has 6 heteroatoms. The molecule has 0 saturated heterocycles. The number of nitrogens with zero attached hydrogens (tertiary/aromatic N) is 1. The number of hydrogen-bond donors (Lipinski definition) is 2. The Bertz CT molecular complexity index is 540. The van der Waals surface area contributed by atoms with Crippen molar-refractivity contribution in [2.45, 2.75) is 25.3 Å². The first kappa shape index (κ1) is 11.8. The van der Waals surface area contributed by atoms with Gasteiger partial charge in [-0.25, -0.2) is 4.98 Å². The fraction of sp³-hybridized carbons (Fsp3) is 0.333. The molecule has 0 radical (unpaired) electrons. The maximum Gasteiger partial charge on any atom is 0.248 e. The number of rotatable bonds is 3. The fourth-order valence-electron chi connectivity index (χ4n) is 2.02. The topological polar surface area (TPSA) is 68.0 Å². The third kappa shape index (κ3) is 2.19. The Hall–Kier alpha value is -1.24. The summed E-state index contributed by atoms with van der Waals surface area (Å²) in [7, 11) is 0. The van der Waals surface area contributed by atoms with Gasteiger partial charge in [0.1, 0.15) is 6.04 Å².